The zero-order valence-electron chi connectivity index (χ0n) is 40.0. The summed E-state index contributed by atoms with van der Waals surface area (Å²) in [5, 5.41) is 43.9. The second-order valence-electron chi connectivity index (χ2n) is 18.2. The highest BCUT2D eigenvalue weighted by Gasteiger charge is 2.28. The van der Waals surface area contributed by atoms with E-state index in [9.17, 15) is 25.2 Å². The van der Waals surface area contributed by atoms with E-state index in [-0.39, 0.29) is 0 Å². The minimum absolute atomic E-state index is 0.362. The molecule has 0 aromatic carbocycles. The number of aliphatic hydroxyl groups is 4. The Morgan fingerprint density at radius 2 is 0.700 bits per heavy atom. The average molecular weight is 846 g/mol. The van der Waals surface area contributed by atoms with Gasteiger partial charge < -0.3 is 25.7 Å². The maximum atomic E-state index is 12.6. The van der Waals surface area contributed by atoms with E-state index in [0.717, 1.165) is 51.4 Å². The summed E-state index contributed by atoms with van der Waals surface area (Å²) >= 11 is 0. The van der Waals surface area contributed by atoms with Crippen LogP contribution in [0.15, 0.2) is 36.5 Å². The van der Waals surface area contributed by atoms with Gasteiger partial charge in [-0.05, 0) is 64.2 Å². The molecule has 60 heavy (non-hydrogen) atoms. The third-order valence-electron chi connectivity index (χ3n) is 12.3. The molecule has 0 saturated carbocycles. The monoisotopic (exact) mass is 846 g/mol. The molecule has 0 fully saturated rings. The smallest absolute Gasteiger partial charge is 0.249 e. The molecule has 6 nitrogen and oxygen atoms in total. The Kier molecular flexibility index (Phi) is 47.4. The van der Waals surface area contributed by atoms with Crippen LogP contribution in [-0.4, -0.2) is 57.3 Å². The Hall–Kier alpha value is -1.47. The molecule has 5 N–H and O–H groups in total. The largest absolute Gasteiger partial charge is 0.394 e. The normalized spacial score (nSPS) is 14.2. The van der Waals surface area contributed by atoms with Crippen molar-refractivity contribution in [2.75, 3.05) is 6.61 Å². The van der Waals surface area contributed by atoms with Crippen LogP contribution in [0.4, 0.5) is 0 Å². The molecule has 0 heterocycles. The number of allylic oxidation sites excluding steroid dienone is 6. The molecule has 0 aliphatic heterocycles. The lowest BCUT2D eigenvalue weighted by molar-refractivity contribution is -0.132. The van der Waals surface area contributed by atoms with Crippen molar-refractivity contribution in [3.63, 3.8) is 0 Å². The van der Waals surface area contributed by atoms with Crippen molar-refractivity contribution >= 4 is 5.91 Å². The van der Waals surface area contributed by atoms with Crippen LogP contribution in [0.25, 0.3) is 0 Å². The number of aliphatic hydroxyl groups excluding tert-OH is 4. The van der Waals surface area contributed by atoms with Crippen LogP contribution < -0.4 is 5.32 Å². The van der Waals surface area contributed by atoms with Crippen LogP contribution in [0.3, 0.4) is 0 Å². The van der Waals surface area contributed by atoms with Gasteiger partial charge >= 0.3 is 0 Å². The van der Waals surface area contributed by atoms with Crippen molar-refractivity contribution in [3.8, 4) is 0 Å². The number of carbonyl (C=O) groups excluding carboxylic acids is 1. The molecule has 0 rings (SSSR count). The number of hydrogen-bond acceptors (Lipinski definition) is 5. The van der Waals surface area contributed by atoms with Gasteiger partial charge in [0.1, 0.15) is 12.2 Å². The van der Waals surface area contributed by atoms with Gasteiger partial charge in [-0.15, -0.1) is 0 Å². The summed E-state index contributed by atoms with van der Waals surface area (Å²) in [4.78, 5) is 12.6. The number of unbranched alkanes of at least 4 members (excludes halogenated alkanes) is 33. The van der Waals surface area contributed by atoms with Crippen molar-refractivity contribution < 1.29 is 25.2 Å². The summed E-state index contributed by atoms with van der Waals surface area (Å²) < 4.78 is 0. The lowest BCUT2D eigenvalue weighted by atomic mass is 10.00. The van der Waals surface area contributed by atoms with E-state index in [1.165, 1.54) is 186 Å². The summed E-state index contributed by atoms with van der Waals surface area (Å²) in [6, 6.07) is -1.01. The molecule has 0 aliphatic rings. The molecule has 0 spiro atoms. The first-order chi connectivity index (χ1) is 29.5. The molecule has 0 aromatic heterocycles. The van der Waals surface area contributed by atoms with Crippen molar-refractivity contribution in [3.05, 3.63) is 36.5 Å². The standard InChI is InChI=1S/C54H103NO5/c1-3-5-7-9-11-13-15-17-19-21-23-24-25-26-27-28-30-31-33-35-37-39-41-43-45-47-51(57)53(59)50(49-56)55-54(60)52(58)48-46-44-42-40-38-36-34-32-29-22-20-18-16-14-12-10-8-6-4-2/h26-27,31,33,39,41,50-53,56-59H,3-25,28-30,32,34-38,40,42-49H2,1-2H3,(H,55,60)/b27-26+,33-31+,41-39+. The van der Waals surface area contributed by atoms with Gasteiger partial charge in [0, 0.05) is 0 Å². The number of nitrogens with one attached hydrogen (secondary N) is 1. The number of carbonyl (C=O) groups is 1. The molecule has 0 radical (unpaired) electrons. The summed E-state index contributed by atoms with van der Waals surface area (Å²) in [7, 11) is 0. The maximum Gasteiger partial charge on any atom is 0.249 e. The van der Waals surface area contributed by atoms with Gasteiger partial charge in [0.25, 0.3) is 0 Å². The van der Waals surface area contributed by atoms with Crippen LogP contribution >= 0.6 is 0 Å². The number of hydrogen-bond donors (Lipinski definition) is 5. The molecule has 4 unspecified atom stereocenters. The second kappa shape index (κ2) is 48.6. The first kappa shape index (κ1) is 58.5. The summed E-state index contributed by atoms with van der Waals surface area (Å²) in [6.45, 7) is 4.06. The summed E-state index contributed by atoms with van der Waals surface area (Å²) in [5.41, 5.74) is 0. The van der Waals surface area contributed by atoms with Gasteiger partial charge in [0.05, 0.1) is 18.8 Å². The third kappa shape index (κ3) is 41.9. The fourth-order valence-corrected chi connectivity index (χ4v) is 8.14. The Morgan fingerprint density at radius 3 is 1.05 bits per heavy atom. The highest BCUT2D eigenvalue weighted by Crippen LogP contribution is 2.17. The van der Waals surface area contributed by atoms with Gasteiger partial charge in [-0.1, -0.05) is 243 Å². The van der Waals surface area contributed by atoms with Crippen molar-refractivity contribution in [1.82, 2.24) is 5.32 Å². The highest BCUT2D eigenvalue weighted by atomic mass is 16.3. The molecule has 6 heteroatoms. The maximum absolute atomic E-state index is 12.6. The second-order valence-corrected chi connectivity index (χ2v) is 18.2. The van der Waals surface area contributed by atoms with Crippen LogP contribution in [0, 0.1) is 0 Å². The lowest BCUT2D eigenvalue weighted by Crippen LogP contribution is -2.53. The fourth-order valence-electron chi connectivity index (χ4n) is 8.14. The topological polar surface area (TPSA) is 110 Å². The van der Waals surface area contributed by atoms with E-state index in [2.05, 4.69) is 55.6 Å². The van der Waals surface area contributed by atoms with Gasteiger partial charge in [-0.2, -0.15) is 0 Å². The minimum atomic E-state index is -1.29. The quantitative estimate of drug-likeness (QED) is 0.0309. The van der Waals surface area contributed by atoms with Gasteiger partial charge in [-0.3, -0.25) is 4.79 Å². The van der Waals surface area contributed by atoms with Crippen molar-refractivity contribution in [1.29, 1.82) is 0 Å². The van der Waals surface area contributed by atoms with Crippen molar-refractivity contribution in [2.24, 2.45) is 0 Å². The number of amides is 1. The Labute approximate surface area is 373 Å². The van der Waals surface area contributed by atoms with E-state index >= 15 is 0 Å². The first-order valence-corrected chi connectivity index (χ1v) is 26.4. The van der Waals surface area contributed by atoms with Crippen LogP contribution in [0.2, 0.25) is 0 Å². The molecule has 354 valence electrons. The van der Waals surface area contributed by atoms with E-state index in [1.807, 2.05) is 0 Å². The molecular weight excluding hydrogens is 743 g/mol. The minimum Gasteiger partial charge on any atom is -0.394 e. The number of rotatable bonds is 48. The zero-order valence-corrected chi connectivity index (χ0v) is 40.0. The third-order valence-corrected chi connectivity index (χ3v) is 12.3. The lowest BCUT2D eigenvalue weighted by Gasteiger charge is -2.27. The SMILES string of the molecule is CCCCCCCCCCCCCC/C=C/CC/C=C/CC/C=C/CCCC(O)C(O)C(CO)NC(=O)C(O)CCCCCCCCCCCCCCCCCCCCC. The predicted octanol–water partition coefficient (Wildman–Crippen LogP) is 14.9. The van der Waals surface area contributed by atoms with E-state index in [1.54, 1.807) is 0 Å². The summed E-state index contributed by atoms with van der Waals surface area (Å²) in [5.74, 6) is -0.596. The zero-order chi connectivity index (χ0) is 43.8. The molecule has 1 amide bonds. The average Bonchev–Trinajstić information content (AvgIpc) is 3.25. The Balaban J connectivity index is 3.74. The van der Waals surface area contributed by atoms with Gasteiger partial charge in [0.2, 0.25) is 5.91 Å². The molecule has 0 bridgehead atoms. The van der Waals surface area contributed by atoms with E-state index < -0.39 is 36.9 Å². The van der Waals surface area contributed by atoms with E-state index in [4.69, 9.17) is 0 Å². The predicted molar refractivity (Wildman–Crippen MR) is 260 cm³/mol. The van der Waals surface area contributed by atoms with E-state index in [0.29, 0.717) is 19.3 Å². The van der Waals surface area contributed by atoms with Gasteiger partial charge in [0.15, 0.2) is 0 Å². The molecule has 0 saturated heterocycles. The Bertz CT molecular complexity index is 950. The molecule has 4 atom stereocenters. The summed E-state index contributed by atoms with van der Waals surface area (Å²) in [6.07, 6.45) is 59.1. The molecular formula is C54H103NO5. The highest BCUT2D eigenvalue weighted by molar-refractivity contribution is 5.80. The van der Waals surface area contributed by atoms with Gasteiger partial charge in [-0.25, -0.2) is 0 Å². The van der Waals surface area contributed by atoms with Crippen molar-refractivity contribution in [2.45, 2.75) is 295 Å². The van der Waals surface area contributed by atoms with Crippen LogP contribution in [0.5, 0.6) is 0 Å². The Morgan fingerprint density at radius 1 is 0.400 bits per heavy atom. The van der Waals surface area contributed by atoms with Crippen LogP contribution in [0.1, 0.15) is 271 Å². The molecule has 0 aliphatic carbocycles. The fraction of sp³-hybridized carbons (Fsp3) is 0.870. The molecule has 0 aromatic rings. The van der Waals surface area contributed by atoms with Crippen LogP contribution in [-0.2, 0) is 4.79 Å². The first-order valence-electron chi connectivity index (χ1n) is 26.4.